The van der Waals surface area contributed by atoms with Crippen molar-refractivity contribution in [2.75, 3.05) is 13.2 Å². The van der Waals surface area contributed by atoms with Crippen LogP contribution in [0, 0.1) is 17.8 Å². The lowest BCUT2D eigenvalue weighted by atomic mass is 9.53. The largest absolute Gasteiger partial charge is 0.486 e. The molecule has 6 aliphatic rings. The van der Waals surface area contributed by atoms with E-state index < -0.39 is 0 Å². The smallest absolute Gasteiger partial charge is 0.231 e. The van der Waals surface area contributed by atoms with Crippen molar-refractivity contribution in [3.8, 4) is 11.5 Å². The summed E-state index contributed by atoms with van der Waals surface area (Å²) in [5.74, 6) is 4.44. The van der Waals surface area contributed by atoms with E-state index in [1.165, 1.54) is 38.5 Å². The molecule has 4 bridgehead atoms. The van der Waals surface area contributed by atoms with Crippen molar-refractivity contribution in [3.63, 3.8) is 0 Å². The Morgan fingerprint density at radius 3 is 2.14 bits per heavy atom. The topological polar surface area (TPSA) is 47.6 Å². The maximum Gasteiger partial charge on any atom is 0.231 e. The maximum atomic E-state index is 13.8. The highest BCUT2D eigenvalue weighted by Gasteiger charge is 2.54. The SMILES string of the molecule is O=C(NC12CC3CC(CC(C3)C1)C2)C1(c2ccc3c(c2)OCCO3)CCCC1. The van der Waals surface area contributed by atoms with E-state index in [4.69, 9.17) is 9.47 Å². The highest BCUT2D eigenvalue weighted by atomic mass is 16.6. The van der Waals surface area contributed by atoms with Gasteiger partial charge in [0.05, 0.1) is 5.41 Å². The normalized spacial score (nSPS) is 37.1. The first-order valence-corrected chi connectivity index (χ1v) is 11.4. The lowest BCUT2D eigenvalue weighted by Crippen LogP contribution is -2.62. The summed E-state index contributed by atoms with van der Waals surface area (Å²) in [5, 5.41) is 3.67. The van der Waals surface area contributed by atoms with Crippen molar-refractivity contribution >= 4 is 5.91 Å². The molecule has 0 unspecified atom stereocenters. The number of nitrogens with one attached hydrogen (secondary N) is 1. The molecule has 1 aliphatic heterocycles. The van der Waals surface area contributed by atoms with Crippen LogP contribution in [0.15, 0.2) is 18.2 Å². The summed E-state index contributed by atoms with van der Waals surface area (Å²) in [4.78, 5) is 13.8. The predicted molar refractivity (Wildman–Crippen MR) is 107 cm³/mol. The molecule has 7 rings (SSSR count). The fourth-order valence-electron chi connectivity index (χ4n) is 7.59. The average Bonchev–Trinajstić information content (AvgIpc) is 3.17. The summed E-state index contributed by atoms with van der Waals surface area (Å²) in [6.07, 6.45) is 12.0. The predicted octanol–water partition coefficient (Wildman–Crippen LogP) is 4.35. The van der Waals surface area contributed by atoms with E-state index in [0.717, 1.165) is 60.5 Å². The summed E-state index contributed by atoms with van der Waals surface area (Å²) >= 11 is 0. The number of amides is 1. The summed E-state index contributed by atoms with van der Waals surface area (Å²) in [7, 11) is 0. The zero-order valence-corrected chi connectivity index (χ0v) is 16.7. The van der Waals surface area contributed by atoms with Gasteiger partial charge in [0.2, 0.25) is 5.91 Å². The number of fused-ring (bicyclic) bond motifs is 1. The van der Waals surface area contributed by atoms with Crippen molar-refractivity contribution in [1.82, 2.24) is 5.32 Å². The van der Waals surface area contributed by atoms with E-state index >= 15 is 0 Å². The minimum absolute atomic E-state index is 0.0786. The van der Waals surface area contributed by atoms with E-state index in [9.17, 15) is 4.79 Å². The van der Waals surface area contributed by atoms with Crippen molar-refractivity contribution in [1.29, 1.82) is 0 Å². The summed E-state index contributed by atoms with van der Waals surface area (Å²) in [6, 6.07) is 6.19. The molecule has 5 aliphatic carbocycles. The van der Waals surface area contributed by atoms with Crippen LogP contribution in [0.5, 0.6) is 11.5 Å². The Morgan fingerprint density at radius 2 is 1.50 bits per heavy atom. The zero-order chi connectivity index (χ0) is 18.8. The van der Waals surface area contributed by atoms with Crippen LogP contribution < -0.4 is 14.8 Å². The van der Waals surface area contributed by atoms with Crippen LogP contribution in [0.3, 0.4) is 0 Å². The van der Waals surface area contributed by atoms with Crippen molar-refractivity contribution in [3.05, 3.63) is 23.8 Å². The Balaban J connectivity index is 1.31. The first-order valence-electron chi connectivity index (χ1n) is 11.4. The lowest BCUT2D eigenvalue weighted by molar-refractivity contribution is -0.132. The van der Waals surface area contributed by atoms with E-state index in [1.807, 2.05) is 6.07 Å². The van der Waals surface area contributed by atoms with Crippen LogP contribution in [-0.2, 0) is 10.2 Å². The van der Waals surface area contributed by atoms with Gasteiger partial charge in [-0.15, -0.1) is 0 Å². The monoisotopic (exact) mass is 381 g/mol. The van der Waals surface area contributed by atoms with E-state index in [-0.39, 0.29) is 16.9 Å². The molecule has 1 amide bonds. The molecule has 1 aromatic carbocycles. The molecule has 0 aromatic heterocycles. The lowest BCUT2D eigenvalue weighted by Gasteiger charge is -2.57. The van der Waals surface area contributed by atoms with Crippen LogP contribution in [0.1, 0.15) is 69.8 Å². The Hall–Kier alpha value is -1.71. The molecule has 4 nitrogen and oxygen atoms in total. The van der Waals surface area contributed by atoms with E-state index in [1.54, 1.807) is 0 Å². The Morgan fingerprint density at radius 1 is 0.893 bits per heavy atom. The number of carbonyl (C=O) groups excluding carboxylic acids is 1. The van der Waals surface area contributed by atoms with Crippen molar-refractivity contribution < 1.29 is 14.3 Å². The van der Waals surface area contributed by atoms with Gasteiger partial charge in [-0.2, -0.15) is 0 Å². The van der Waals surface area contributed by atoms with Gasteiger partial charge in [0.25, 0.3) is 0 Å². The van der Waals surface area contributed by atoms with Gasteiger partial charge in [-0.05, 0) is 86.8 Å². The minimum Gasteiger partial charge on any atom is -0.486 e. The van der Waals surface area contributed by atoms with Gasteiger partial charge in [-0.25, -0.2) is 0 Å². The van der Waals surface area contributed by atoms with E-state index in [0.29, 0.717) is 13.2 Å². The number of rotatable bonds is 3. The molecule has 0 atom stereocenters. The van der Waals surface area contributed by atoms with E-state index in [2.05, 4.69) is 17.4 Å². The molecule has 1 N–H and O–H groups in total. The second-order valence-electron chi connectivity index (χ2n) is 10.3. The minimum atomic E-state index is -0.390. The number of ether oxygens (including phenoxy) is 2. The van der Waals surface area contributed by atoms with Crippen LogP contribution >= 0.6 is 0 Å². The fraction of sp³-hybridized carbons (Fsp3) is 0.708. The third-order valence-corrected chi connectivity index (χ3v) is 8.40. The Kier molecular flexibility index (Phi) is 3.77. The van der Waals surface area contributed by atoms with Gasteiger partial charge >= 0.3 is 0 Å². The van der Waals surface area contributed by atoms with Gasteiger partial charge in [-0.3, -0.25) is 4.79 Å². The van der Waals surface area contributed by atoms with Crippen LogP contribution in [0.25, 0.3) is 0 Å². The number of hydrogen-bond acceptors (Lipinski definition) is 3. The van der Waals surface area contributed by atoms with Crippen molar-refractivity contribution in [2.24, 2.45) is 17.8 Å². The highest BCUT2D eigenvalue weighted by molar-refractivity contribution is 5.89. The van der Waals surface area contributed by atoms with Gasteiger partial charge in [0.1, 0.15) is 13.2 Å². The van der Waals surface area contributed by atoms with Crippen LogP contribution in [0.2, 0.25) is 0 Å². The van der Waals surface area contributed by atoms with Crippen LogP contribution in [-0.4, -0.2) is 24.7 Å². The quantitative estimate of drug-likeness (QED) is 0.846. The molecule has 4 heteroatoms. The van der Waals surface area contributed by atoms with Crippen molar-refractivity contribution in [2.45, 2.75) is 75.2 Å². The van der Waals surface area contributed by atoms with Crippen LogP contribution in [0.4, 0.5) is 0 Å². The summed E-state index contributed by atoms with van der Waals surface area (Å²) < 4.78 is 11.5. The molecule has 150 valence electrons. The van der Waals surface area contributed by atoms with Gasteiger partial charge < -0.3 is 14.8 Å². The number of benzene rings is 1. The maximum absolute atomic E-state index is 13.8. The third kappa shape index (κ3) is 2.59. The first-order chi connectivity index (χ1) is 13.6. The molecule has 0 saturated heterocycles. The van der Waals surface area contributed by atoms with Gasteiger partial charge in [-0.1, -0.05) is 18.9 Å². The second kappa shape index (κ2) is 6.14. The standard InChI is InChI=1S/C24H31NO3/c26-22(25-23-13-16-9-17(14-23)11-18(10-16)15-23)24(5-1-2-6-24)19-3-4-20-21(12-19)28-8-7-27-20/h3-4,12,16-18H,1-2,5-11,13-15H2,(H,25,26). The Bertz CT molecular complexity index is 760. The highest BCUT2D eigenvalue weighted by Crippen LogP contribution is 2.56. The molecule has 0 spiro atoms. The molecular formula is C24H31NO3. The molecule has 1 heterocycles. The van der Waals surface area contributed by atoms with Gasteiger partial charge in [0, 0.05) is 5.54 Å². The summed E-state index contributed by atoms with van der Waals surface area (Å²) in [6.45, 7) is 1.19. The second-order valence-corrected chi connectivity index (χ2v) is 10.3. The first kappa shape index (κ1) is 17.2. The molecule has 28 heavy (non-hydrogen) atoms. The number of carbonyl (C=O) groups is 1. The zero-order valence-electron chi connectivity index (χ0n) is 16.7. The average molecular weight is 382 g/mol. The Labute approximate surface area is 167 Å². The summed E-state index contributed by atoms with van der Waals surface area (Å²) in [5.41, 5.74) is 0.811. The molecule has 5 saturated carbocycles. The molecule has 5 fully saturated rings. The van der Waals surface area contributed by atoms with Gasteiger partial charge in [0.15, 0.2) is 11.5 Å². The fourth-order valence-corrected chi connectivity index (χ4v) is 7.59. The molecule has 1 aromatic rings. The molecular weight excluding hydrogens is 350 g/mol. The molecule has 0 radical (unpaired) electrons. The third-order valence-electron chi connectivity index (χ3n) is 8.40. The number of hydrogen-bond donors (Lipinski definition) is 1.